The van der Waals surface area contributed by atoms with Gasteiger partial charge in [-0.2, -0.15) is 5.10 Å². The highest BCUT2D eigenvalue weighted by Gasteiger charge is 1.75. The molecule has 3 heteroatoms. The van der Waals surface area contributed by atoms with Crippen molar-refractivity contribution in [2.75, 3.05) is 0 Å². The van der Waals surface area contributed by atoms with Gasteiger partial charge in [-0.05, 0) is 6.92 Å². The molecule has 0 heterocycles. The van der Waals surface area contributed by atoms with Crippen LogP contribution in [0.2, 0.25) is 0 Å². The van der Waals surface area contributed by atoms with Crippen LogP contribution in [0.1, 0.15) is 6.92 Å². The van der Waals surface area contributed by atoms with E-state index in [1.807, 2.05) is 0 Å². The first-order valence-electron chi connectivity index (χ1n) is 1.51. The normalized spacial score (nSPS) is 11.2. The molecule has 0 rings (SSSR count). The molecule has 0 amide bonds. The zero-order valence-corrected chi connectivity index (χ0v) is 3.51. The first kappa shape index (κ1) is 5.14. The number of hydrogen-bond acceptors (Lipinski definition) is 3. The van der Waals surface area contributed by atoms with Crippen LogP contribution in [-0.4, -0.2) is 12.0 Å². The van der Waals surface area contributed by atoms with Crippen LogP contribution in [0.4, 0.5) is 0 Å². The second kappa shape index (κ2) is 2.38. The molecule has 0 radical (unpaired) electrons. The number of rotatable bonds is 1. The maximum atomic E-state index is 9.53. The maximum absolute atomic E-state index is 9.53. The molecule has 0 aliphatic carbocycles. The van der Waals surface area contributed by atoms with Gasteiger partial charge in [0.2, 0.25) is 0 Å². The van der Waals surface area contributed by atoms with E-state index in [9.17, 15) is 4.79 Å². The third-order valence-corrected chi connectivity index (χ3v) is 0.374. The molecule has 0 aliphatic rings. The number of hydrogen-bond donors (Lipinski definition) is 1. The van der Waals surface area contributed by atoms with Crippen LogP contribution in [0.25, 0.3) is 0 Å². The molecule has 2 N–H and O–H groups in total. The van der Waals surface area contributed by atoms with Gasteiger partial charge < -0.3 is 5.84 Å². The second-order valence-electron chi connectivity index (χ2n) is 0.888. The zero-order valence-electron chi connectivity index (χ0n) is 3.51. The predicted molar refractivity (Wildman–Crippen MR) is 23.4 cm³/mol. The molecule has 0 aliphatic heterocycles. The summed E-state index contributed by atoms with van der Waals surface area (Å²) < 4.78 is 0. The third kappa shape index (κ3) is 1.46. The van der Waals surface area contributed by atoms with E-state index in [1.54, 1.807) is 0 Å². The third-order valence-electron chi connectivity index (χ3n) is 0.374. The molecule has 0 aromatic carbocycles. The number of hydrazone groups is 1. The van der Waals surface area contributed by atoms with E-state index in [0.29, 0.717) is 12.0 Å². The highest BCUT2D eigenvalue weighted by molar-refractivity contribution is 6.26. The Kier molecular flexibility index (Phi) is 2.04. The van der Waals surface area contributed by atoms with Crippen molar-refractivity contribution in [3.05, 3.63) is 0 Å². The number of nitrogens with zero attached hydrogens (tertiary/aromatic N) is 1. The number of carbonyl (C=O) groups is 1. The highest BCUT2D eigenvalue weighted by Crippen LogP contribution is 1.57. The Balaban J connectivity index is 3.50. The van der Waals surface area contributed by atoms with Crippen LogP contribution in [-0.2, 0) is 4.79 Å². The minimum Gasteiger partial charge on any atom is -0.323 e. The Labute approximate surface area is 35.8 Å². The van der Waals surface area contributed by atoms with Crippen molar-refractivity contribution in [1.82, 2.24) is 0 Å². The van der Waals surface area contributed by atoms with E-state index in [0.717, 1.165) is 0 Å². The zero-order chi connectivity index (χ0) is 4.99. The van der Waals surface area contributed by atoms with E-state index < -0.39 is 0 Å². The molecule has 0 saturated carbocycles. The standard InChI is InChI=1S/C3H6N2O/c1-3(2-6)5-4/h2H,4H2,1H3/b5-3-. The summed E-state index contributed by atoms with van der Waals surface area (Å²) in [6.45, 7) is 1.53. The molecular formula is C3H6N2O. The van der Waals surface area contributed by atoms with Gasteiger partial charge in [0.05, 0.1) is 5.71 Å². The van der Waals surface area contributed by atoms with Gasteiger partial charge in [0, 0.05) is 0 Å². The summed E-state index contributed by atoms with van der Waals surface area (Å²) in [5.74, 6) is 4.64. The van der Waals surface area contributed by atoms with Crippen LogP contribution in [0, 0.1) is 0 Å². The summed E-state index contributed by atoms with van der Waals surface area (Å²) >= 11 is 0. The monoisotopic (exact) mass is 86.0 g/mol. The van der Waals surface area contributed by atoms with Crippen LogP contribution in [0.15, 0.2) is 5.10 Å². The molecule has 6 heavy (non-hydrogen) atoms. The van der Waals surface area contributed by atoms with Gasteiger partial charge in [-0.3, -0.25) is 4.79 Å². The first-order chi connectivity index (χ1) is 2.81. The fourth-order valence-corrected chi connectivity index (χ4v) is 0.0304. The van der Waals surface area contributed by atoms with Crippen molar-refractivity contribution in [3.63, 3.8) is 0 Å². The van der Waals surface area contributed by atoms with Crippen LogP contribution in [0.3, 0.4) is 0 Å². The topological polar surface area (TPSA) is 55.5 Å². The SMILES string of the molecule is C/C(C=O)=N/N. The largest absolute Gasteiger partial charge is 0.323 e. The van der Waals surface area contributed by atoms with E-state index >= 15 is 0 Å². The van der Waals surface area contributed by atoms with Gasteiger partial charge in [0.1, 0.15) is 0 Å². The summed E-state index contributed by atoms with van der Waals surface area (Å²) in [5, 5.41) is 3.06. The lowest BCUT2D eigenvalue weighted by molar-refractivity contribution is -0.102. The van der Waals surface area contributed by atoms with Crippen molar-refractivity contribution < 1.29 is 4.79 Å². The molecule has 0 saturated heterocycles. The Morgan fingerprint density at radius 3 is 2.50 bits per heavy atom. The number of carbonyl (C=O) groups excluding carboxylic acids is 1. The van der Waals surface area contributed by atoms with E-state index in [4.69, 9.17) is 0 Å². The predicted octanol–water partition coefficient (Wildman–Crippen LogP) is -0.480. The van der Waals surface area contributed by atoms with Gasteiger partial charge in [0.25, 0.3) is 0 Å². The Hall–Kier alpha value is -0.860. The lowest BCUT2D eigenvalue weighted by Crippen LogP contribution is -1.95. The molecule has 0 atom stereocenters. The molecule has 0 aromatic rings. The van der Waals surface area contributed by atoms with Crippen molar-refractivity contribution in [2.45, 2.75) is 6.92 Å². The summed E-state index contributed by atoms with van der Waals surface area (Å²) in [4.78, 5) is 9.53. The summed E-state index contributed by atoms with van der Waals surface area (Å²) in [7, 11) is 0. The van der Waals surface area contributed by atoms with Gasteiger partial charge in [0.15, 0.2) is 6.29 Å². The second-order valence-corrected chi connectivity index (χ2v) is 0.888. The van der Waals surface area contributed by atoms with Crippen molar-refractivity contribution in [2.24, 2.45) is 10.9 Å². The first-order valence-corrected chi connectivity index (χ1v) is 1.51. The Bertz CT molecular complexity index is 76.9. The molecular weight excluding hydrogens is 80.0 g/mol. The summed E-state index contributed by atoms with van der Waals surface area (Å²) in [6, 6.07) is 0. The smallest absolute Gasteiger partial charge is 0.165 e. The lowest BCUT2D eigenvalue weighted by Gasteiger charge is -1.73. The van der Waals surface area contributed by atoms with Gasteiger partial charge >= 0.3 is 0 Å². The molecule has 3 nitrogen and oxygen atoms in total. The average Bonchev–Trinajstić information content (AvgIpc) is 1.65. The highest BCUT2D eigenvalue weighted by atomic mass is 16.1. The summed E-state index contributed by atoms with van der Waals surface area (Å²) in [5.41, 5.74) is 0.315. The average molecular weight is 86.1 g/mol. The van der Waals surface area contributed by atoms with Crippen LogP contribution >= 0.6 is 0 Å². The molecule has 0 aromatic heterocycles. The van der Waals surface area contributed by atoms with E-state index in [-0.39, 0.29) is 0 Å². The van der Waals surface area contributed by atoms with Crippen molar-refractivity contribution >= 4 is 12.0 Å². The number of nitrogens with two attached hydrogens (primary N) is 1. The van der Waals surface area contributed by atoms with Gasteiger partial charge in [-0.1, -0.05) is 0 Å². The molecule has 0 fully saturated rings. The minimum absolute atomic E-state index is 0.315. The molecule has 34 valence electrons. The quantitative estimate of drug-likeness (QED) is 0.203. The molecule has 0 unspecified atom stereocenters. The van der Waals surface area contributed by atoms with Crippen LogP contribution in [0.5, 0.6) is 0 Å². The fourth-order valence-electron chi connectivity index (χ4n) is 0.0304. The lowest BCUT2D eigenvalue weighted by atomic mass is 10.5. The maximum Gasteiger partial charge on any atom is 0.165 e. The summed E-state index contributed by atoms with van der Waals surface area (Å²) in [6.07, 6.45) is 0.597. The molecule has 0 bridgehead atoms. The van der Waals surface area contributed by atoms with E-state index in [2.05, 4.69) is 10.9 Å². The Morgan fingerprint density at radius 1 is 2.00 bits per heavy atom. The van der Waals surface area contributed by atoms with Crippen molar-refractivity contribution in [3.8, 4) is 0 Å². The minimum atomic E-state index is 0.315. The number of aldehydes is 1. The van der Waals surface area contributed by atoms with Crippen molar-refractivity contribution in [1.29, 1.82) is 0 Å². The van der Waals surface area contributed by atoms with Crippen LogP contribution < -0.4 is 5.84 Å². The Morgan fingerprint density at radius 2 is 2.50 bits per heavy atom. The molecule has 0 spiro atoms. The van der Waals surface area contributed by atoms with E-state index in [1.165, 1.54) is 6.92 Å². The fraction of sp³-hybridized carbons (Fsp3) is 0.333. The van der Waals surface area contributed by atoms with Gasteiger partial charge in [-0.15, -0.1) is 0 Å². The van der Waals surface area contributed by atoms with Gasteiger partial charge in [-0.25, -0.2) is 0 Å².